The number of rotatable bonds is 2. The van der Waals surface area contributed by atoms with Crippen LogP contribution in [0.3, 0.4) is 0 Å². The highest BCUT2D eigenvalue weighted by Crippen LogP contribution is 2.19. The first-order chi connectivity index (χ1) is 7.99. The highest BCUT2D eigenvalue weighted by Gasteiger charge is 2.11. The molecule has 0 aliphatic heterocycles. The molecule has 6 nitrogen and oxygen atoms in total. The predicted molar refractivity (Wildman–Crippen MR) is 63.4 cm³/mol. The fraction of sp³-hybridized carbons (Fsp3) is 0.300. The summed E-state index contributed by atoms with van der Waals surface area (Å²) in [5.74, 6) is 0. The Morgan fingerprint density at radius 1 is 1.47 bits per heavy atom. The van der Waals surface area contributed by atoms with E-state index in [0.717, 1.165) is 5.69 Å². The van der Waals surface area contributed by atoms with Crippen LogP contribution in [0.15, 0.2) is 21.9 Å². The molecule has 0 bridgehead atoms. The fourth-order valence-corrected chi connectivity index (χ4v) is 1.80. The van der Waals surface area contributed by atoms with Gasteiger partial charge in [-0.2, -0.15) is 5.10 Å². The topological polar surface area (TPSA) is 72.7 Å². The van der Waals surface area contributed by atoms with Crippen LogP contribution in [-0.4, -0.2) is 19.3 Å². The lowest BCUT2D eigenvalue weighted by atomic mass is 10.3. The van der Waals surface area contributed by atoms with Crippen molar-refractivity contribution in [2.24, 2.45) is 7.05 Å². The van der Waals surface area contributed by atoms with E-state index in [1.165, 1.54) is 16.8 Å². The van der Waals surface area contributed by atoms with Gasteiger partial charge < -0.3 is 0 Å². The molecule has 0 unspecified atom stereocenters. The van der Waals surface area contributed by atoms with Gasteiger partial charge in [0.2, 0.25) is 0 Å². The third-order valence-corrected chi connectivity index (χ3v) is 2.97. The Labute approximate surface area is 101 Å². The summed E-state index contributed by atoms with van der Waals surface area (Å²) in [6.07, 6.45) is 1.43. The average Bonchev–Trinajstić information content (AvgIpc) is 2.48. The molecule has 1 N–H and O–H groups in total. The summed E-state index contributed by atoms with van der Waals surface area (Å²) in [7, 11) is 1.75. The number of nitrogens with one attached hydrogen (secondary N) is 1. The monoisotopic (exact) mass is 254 g/mol. The number of hydrogen-bond donors (Lipinski definition) is 1. The molecule has 0 fully saturated rings. The molecule has 90 valence electrons. The van der Waals surface area contributed by atoms with Crippen LogP contribution in [0, 0.1) is 6.92 Å². The first kappa shape index (κ1) is 11.7. The van der Waals surface area contributed by atoms with Gasteiger partial charge in [-0.15, -0.1) is 0 Å². The summed E-state index contributed by atoms with van der Waals surface area (Å²) in [5, 5.41) is 4.68. The van der Waals surface area contributed by atoms with Gasteiger partial charge in [0.25, 0.3) is 5.56 Å². The van der Waals surface area contributed by atoms with Crippen molar-refractivity contribution in [2.75, 3.05) is 0 Å². The molecule has 7 heteroatoms. The molecule has 2 rings (SSSR count). The second-order valence-electron chi connectivity index (χ2n) is 3.71. The number of hydrogen-bond acceptors (Lipinski definition) is 3. The minimum absolute atomic E-state index is 0.270. The molecule has 0 aliphatic carbocycles. The maximum Gasteiger partial charge on any atom is 0.328 e. The molecule has 0 aromatic carbocycles. The van der Waals surface area contributed by atoms with Crippen molar-refractivity contribution < 1.29 is 0 Å². The zero-order valence-electron chi connectivity index (χ0n) is 9.40. The molecule has 2 aromatic rings. The molecule has 0 aliphatic rings. The first-order valence-electron chi connectivity index (χ1n) is 4.97. The van der Waals surface area contributed by atoms with Gasteiger partial charge in [-0.05, 0) is 6.92 Å². The minimum Gasteiger partial charge on any atom is -0.295 e. The molecule has 0 spiro atoms. The summed E-state index contributed by atoms with van der Waals surface area (Å²) in [6, 6.07) is 1.29. The van der Waals surface area contributed by atoms with Crippen molar-refractivity contribution in [1.82, 2.24) is 19.3 Å². The Morgan fingerprint density at radius 2 is 2.18 bits per heavy atom. The van der Waals surface area contributed by atoms with Crippen molar-refractivity contribution in [3.8, 4) is 0 Å². The fourth-order valence-electron chi connectivity index (χ4n) is 1.58. The van der Waals surface area contributed by atoms with Crippen LogP contribution in [0.4, 0.5) is 0 Å². The number of aromatic amines is 1. The van der Waals surface area contributed by atoms with Crippen LogP contribution in [0.25, 0.3) is 0 Å². The lowest BCUT2D eigenvalue weighted by Crippen LogP contribution is -2.29. The van der Waals surface area contributed by atoms with Crippen LogP contribution >= 0.6 is 11.6 Å². The Bertz CT molecular complexity index is 668. The van der Waals surface area contributed by atoms with Gasteiger partial charge in [0.1, 0.15) is 0 Å². The highest BCUT2D eigenvalue weighted by molar-refractivity contribution is 6.31. The van der Waals surface area contributed by atoms with Gasteiger partial charge in [0.15, 0.2) is 0 Å². The van der Waals surface area contributed by atoms with Crippen molar-refractivity contribution in [2.45, 2.75) is 13.5 Å². The lowest BCUT2D eigenvalue weighted by Gasteiger charge is -2.05. The molecule has 0 radical (unpaired) electrons. The zero-order valence-corrected chi connectivity index (χ0v) is 10.2. The van der Waals surface area contributed by atoms with Crippen LogP contribution in [0.2, 0.25) is 5.02 Å². The van der Waals surface area contributed by atoms with E-state index in [2.05, 4.69) is 10.1 Å². The largest absolute Gasteiger partial charge is 0.328 e. The van der Waals surface area contributed by atoms with Crippen LogP contribution in [0.5, 0.6) is 0 Å². The number of H-pyrrole nitrogens is 1. The Morgan fingerprint density at radius 3 is 2.71 bits per heavy atom. The van der Waals surface area contributed by atoms with Gasteiger partial charge in [-0.25, -0.2) is 4.79 Å². The third kappa shape index (κ3) is 2.16. The summed E-state index contributed by atoms with van der Waals surface area (Å²) in [5.41, 5.74) is 0.547. The maximum absolute atomic E-state index is 11.5. The van der Waals surface area contributed by atoms with Crippen LogP contribution in [0.1, 0.15) is 11.4 Å². The molecule has 0 amide bonds. The Balaban J connectivity index is 2.45. The third-order valence-electron chi connectivity index (χ3n) is 2.48. The Hall–Kier alpha value is -1.82. The van der Waals surface area contributed by atoms with Crippen molar-refractivity contribution in [3.63, 3.8) is 0 Å². The van der Waals surface area contributed by atoms with E-state index >= 15 is 0 Å². The van der Waals surface area contributed by atoms with Crippen molar-refractivity contribution >= 4 is 11.6 Å². The molecule has 0 atom stereocenters. The van der Waals surface area contributed by atoms with E-state index in [1.807, 2.05) is 0 Å². The SMILES string of the molecule is Cc1nn(C)c(Cn2ccc(=O)[nH]c2=O)c1Cl. The second-order valence-corrected chi connectivity index (χ2v) is 4.09. The van der Waals surface area contributed by atoms with Gasteiger partial charge in [-0.1, -0.05) is 11.6 Å². The number of aromatic nitrogens is 4. The van der Waals surface area contributed by atoms with Gasteiger partial charge in [-0.3, -0.25) is 19.0 Å². The van der Waals surface area contributed by atoms with E-state index in [9.17, 15) is 9.59 Å². The highest BCUT2D eigenvalue weighted by atomic mass is 35.5. The summed E-state index contributed by atoms with van der Waals surface area (Å²) in [4.78, 5) is 24.6. The van der Waals surface area contributed by atoms with E-state index in [0.29, 0.717) is 10.7 Å². The zero-order chi connectivity index (χ0) is 12.6. The summed E-state index contributed by atoms with van der Waals surface area (Å²) < 4.78 is 2.99. The first-order valence-corrected chi connectivity index (χ1v) is 5.34. The summed E-state index contributed by atoms with van der Waals surface area (Å²) in [6.45, 7) is 2.06. The van der Waals surface area contributed by atoms with E-state index < -0.39 is 11.2 Å². The lowest BCUT2D eigenvalue weighted by molar-refractivity contribution is 0.638. The molecule has 0 saturated heterocycles. The van der Waals surface area contributed by atoms with Gasteiger partial charge >= 0.3 is 5.69 Å². The molecule has 2 heterocycles. The standard InChI is InChI=1S/C10H11ClN4O2/c1-6-9(11)7(14(2)13-6)5-15-4-3-8(16)12-10(15)17/h3-4H,5H2,1-2H3,(H,12,16,17). The van der Waals surface area contributed by atoms with Crippen molar-refractivity contribution in [1.29, 1.82) is 0 Å². The number of nitrogens with zero attached hydrogens (tertiary/aromatic N) is 3. The van der Waals surface area contributed by atoms with E-state index in [-0.39, 0.29) is 6.54 Å². The van der Waals surface area contributed by atoms with E-state index in [1.54, 1.807) is 18.7 Å². The number of aryl methyl sites for hydroxylation is 2. The summed E-state index contributed by atoms with van der Waals surface area (Å²) >= 11 is 6.08. The number of halogens is 1. The average molecular weight is 255 g/mol. The smallest absolute Gasteiger partial charge is 0.295 e. The van der Waals surface area contributed by atoms with Crippen molar-refractivity contribution in [3.05, 3.63) is 49.5 Å². The maximum atomic E-state index is 11.5. The Kier molecular flexibility index (Phi) is 2.89. The normalized spacial score (nSPS) is 10.8. The molecule has 2 aromatic heterocycles. The second kappa shape index (κ2) is 4.21. The molecular formula is C10H11ClN4O2. The van der Waals surface area contributed by atoms with Gasteiger partial charge in [0.05, 0.1) is 23.0 Å². The molecule has 17 heavy (non-hydrogen) atoms. The van der Waals surface area contributed by atoms with Crippen LogP contribution in [-0.2, 0) is 13.6 Å². The minimum atomic E-state index is -0.465. The molecule has 0 saturated carbocycles. The molecular weight excluding hydrogens is 244 g/mol. The van der Waals surface area contributed by atoms with Gasteiger partial charge in [0, 0.05) is 19.3 Å². The van der Waals surface area contributed by atoms with Crippen LogP contribution < -0.4 is 11.2 Å². The predicted octanol–water partition coefficient (Wildman–Crippen LogP) is 0.280. The van der Waals surface area contributed by atoms with E-state index in [4.69, 9.17) is 11.6 Å². The quantitative estimate of drug-likeness (QED) is 0.837.